The summed E-state index contributed by atoms with van der Waals surface area (Å²) in [7, 11) is 0. The molecule has 2 nitrogen and oxygen atoms in total. The SMILES string of the molecule is c1ccc2cc(NCCC3CCCCO3)ccc2c1. The quantitative estimate of drug-likeness (QED) is 0.883. The van der Waals surface area contributed by atoms with Gasteiger partial charge in [0.15, 0.2) is 0 Å². The van der Waals surface area contributed by atoms with E-state index in [2.05, 4.69) is 47.8 Å². The Labute approximate surface area is 114 Å². The zero-order valence-electron chi connectivity index (χ0n) is 11.3. The van der Waals surface area contributed by atoms with Gasteiger partial charge in [0, 0.05) is 18.8 Å². The van der Waals surface area contributed by atoms with Crippen molar-refractivity contribution in [2.75, 3.05) is 18.5 Å². The van der Waals surface area contributed by atoms with Crippen LogP contribution in [0.1, 0.15) is 25.7 Å². The molecule has 1 atom stereocenters. The molecule has 0 radical (unpaired) electrons. The summed E-state index contributed by atoms with van der Waals surface area (Å²) in [6.45, 7) is 1.93. The second kappa shape index (κ2) is 6.07. The molecule has 0 aromatic heterocycles. The summed E-state index contributed by atoms with van der Waals surface area (Å²) in [6.07, 6.45) is 5.34. The van der Waals surface area contributed by atoms with E-state index in [1.165, 1.54) is 35.7 Å². The molecule has 1 N–H and O–H groups in total. The number of rotatable bonds is 4. The third-order valence-electron chi connectivity index (χ3n) is 3.82. The molecule has 100 valence electrons. The highest BCUT2D eigenvalue weighted by molar-refractivity contribution is 5.85. The van der Waals surface area contributed by atoms with Gasteiger partial charge in [-0.1, -0.05) is 30.3 Å². The molecule has 2 heteroatoms. The van der Waals surface area contributed by atoms with E-state index in [-0.39, 0.29) is 0 Å². The fourth-order valence-corrected chi connectivity index (χ4v) is 2.71. The van der Waals surface area contributed by atoms with Crippen LogP contribution in [0.2, 0.25) is 0 Å². The van der Waals surface area contributed by atoms with Crippen LogP contribution in [0.4, 0.5) is 5.69 Å². The van der Waals surface area contributed by atoms with Crippen LogP contribution in [0.5, 0.6) is 0 Å². The first kappa shape index (κ1) is 12.5. The summed E-state index contributed by atoms with van der Waals surface area (Å²) < 4.78 is 5.75. The maximum Gasteiger partial charge on any atom is 0.0591 e. The van der Waals surface area contributed by atoms with Crippen LogP contribution >= 0.6 is 0 Å². The molecule has 1 unspecified atom stereocenters. The predicted molar refractivity (Wildman–Crippen MR) is 80.6 cm³/mol. The van der Waals surface area contributed by atoms with Crippen LogP contribution < -0.4 is 5.32 Å². The van der Waals surface area contributed by atoms with Gasteiger partial charge in [0.25, 0.3) is 0 Å². The van der Waals surface area contributed by atoms with Crippen LogP contribution in [-0.4, -0.2) is 19.3 Å². The van der Waals surface area contributed by atoms with E-state index < -0.39 is 0 Å². The lowest BCUT2D eigenvalue weighted by Gasteiger charge is -2.22. The third-order valence-corrected chi connectivity index (χ3v) is 3.82. The standard InChI is InChI=1S/C17H21NO/c1-2-6-15-13-16(9-8-14(15)5-1)18-11-10-17-7-3-4-12-19-17/h1-2,5-6,8-9,13,17-18H,3-4,7,10-12H2. The number of hydrogen-bond acceptors (Lipinski definition) is 2. The van der Waals surface area contributed by atoms with Gasteiger partial charge < -0.3 is 10.1 Å². The lowest BCUT2D eigenvalue weighted by Crippen LogP contribution is -2.21. The van der Waals surface area contributed by atoms with Gasteiger partial charge in [-0.05, 0) is 48.6 Å². The van der Waals surface area contributed by atoms with E-state index in [4.69, 9.17) is 4.74 Å². The first-order chi connectivity index (χ1) is 9.42. The molecule has 1 heterocycles. The lowest BCUT2D eigenvalue weighted by atomic mass is 10.1. The normalized spacial score (nSPS) is 19.5. The maximum atomic E-state index is 5.75. The average Bonchev–Trinajstić information content (AvgIpc) is 2.48. The molecule has 1 fully saturated rings. The molecule has 0 bridgehead atoms. The summed E-state index contributed by atoms with van der Waals surface area (Å²) in [4.78, 5) is 0. The first-order valence-corrected chi connectivity index (χ1v) is 7.26. The number of hydrogen-bond donors (Lipinski definition) is 1. The average molecular weight is 255 g/mol. The van der Waals surface area contributed by atoms with Crippen molar-refractivity contribution >= 4 is 16.5 Å². The van der Waals surface area contributed by atoms with Crippen LogP contribution in [-0.2, 0) is 4.74 Å². The number of anilines is 1. The zero-order valence-corrected chi connectivity index (χ0v) is 11.3. The van der Waals surface area contributed by atoms with E-state index in [0.717, 1.165) is 19.6 Å². The van der Waals surface area contributed by atoms with Crippen molar-refractivity contribution in [3.63, 3.8) is 0 Å². The lowest BCUT2D eigenvalue weighted by molar-refractivity contribution is 0.0134. The Morgan fingerprint density at radius 2 is 1.95 bits per heavy atom. The summed E-state index contributed by atoms with van der Waals surface area (Å²) in [5.41, 5.74) is 1.20. The van der Waals surface area contributed by atoms with Crippen molar-refractivity contribution < 1.29 is 4.74 Å². The van der Waals surface area contributed by atoms with E-state index in [9.17, 15) is 0 Å². The highest BCUT2D eigenvalue weighted by Crippen LogP contribution is 2.20. The Bertz CT molecular complexity index is 532. The fraction of sp³-hybridized carbons (Fsp3) is 0.412. The van der Waals surface area contributed by atoms with Crippen LogP contribution in [0.3, 0.4) is 0 Å². The van der Waals surface area contributed by atoms with Crippen molar-refractivity contribution in [1.82, 2.24) is 0 Å². The highest BCUT2D eigenvalue weighted by Gasteiger charge is 2.12. The molecule has 0 spiro atoms. The Hall–Kier alpha value is -1.54. The van der Waals surface area contributed by atoms with Gasteiger partial charge in [-0.3, -0.25) is 0 Å². The Morgan fingerprint density at radius 3 is 2.79 bits per heavy atom. The Kier molecular flexibility index (Phi) is 3.99. The monoisotopic (exact) mass is 255 g/mol. The highest BCUT2D eigenvalue weighted by atomic mass is 16.5. The molecule has 0 amide bonds. The molecule has 1 saturated heterocycles. The molecule has 0 aliphatic carbocycles. The minimum Gasteiger partial charge on any atom is -0.385 e. The van der Waals surface area contributed by atoms with E-state index in [1.54, 1.807) is 0 Å². The van der Waals surface area contributed by atoms with Crippen LogP contribution in [0.25, 0.3) is 10.8 Å². The summed E-state index contributed by atoms with van der Waals surface area (Å²) in [5, 5.41) is 6.09. The van der Waals surface area contributed by atoms with Gasteiger partial charge in [-0.2, -0.15) is 0 Å². The van der Waals surface area contributed by atoms with Crippen LogP contribution in [0, 0.1) is 0 Å². The summed E-state index contributed by atoms with van der Waals surface area (Å²) >= 11 is 0. The van der Waals surface area contributed by atoms with E-state index >= 15 is 0 Å². The number of fused-ring (bicyclic) bond motifs is 1. The molecule has 1 aliphatic heterocycles. The number of benzene rings is 2. The third kappa shape index (κ3) is 3.27. The topological polar surface area (TPSA) is 21.3 Å². The van der Waals surface area contributed by atoms with Crippen molar-refractivity contribution in [2.24, 2.45) is 0 Å². The van der Waals surface area contributed by atoms with E-state index in [1.807, 2.05) is 0 Å². The van der Waals surface area contributed by atoms with Crippen molar-refractivity contribution in [1.29, 1.82) is 0 Å². The summed E-state index contributed by atoms with van der Waals surface area (Å²) in [6, 6.07) is 15.0. The van der Waals surface area contributed by atoms with Crippen molar-refractivity contribution in [3.8, 4) is 0 Å². The smallest absolute Gasteiger partial charge is 0.0591 e. The van der Waals surface area contributed by atoms with Gasteiger partial charge in [-0.25, -0.2) is 0 Å². The van der Waals surface area contributed by atoms with E-state index in [0.29, 0.717) is 6.10 Å². The number of ether oxygens (including phenoxy) is 1. The van der Waals surface area contributed by atoms with Gasteiger partial charge >= 0.3 is 0 Å². The minimum atomic E-state index is 0.460. The molecule has 2 aromatic rings. The van der Waals surface area contributed by atoms with Gasteiger partial charge in [0.1, 0.15) is 0 Å². The fourth-order valence-electron chi connectivity index (χ4n) is 2.71. The van der Waals surface area contributed by atoms with Crippen LogP contribution in [0.15, 0.2) is 42.5 Å². The molecule has 3 rings (SSSR count). The van der Waals surface area contributed by atoms with Gasteiger partial charge in [0.2, 0.25) is 0 Å². The molecule has 1 aliphatic rings. The second-order valence-electron chi connectivity index (χ2n) is 5.27. The molecular weight excluding hydrogens is 234 g/mol. The van der Waals surface area contributed by atoms with Gasteiger partial charge in [-0.15, -0.1) is 0 Å². The maximum absolute atomic E-state index is 5.75. The van der Waals surface area contributed by atoms with Crippen molar-refractivity contribution in [3.05, 3.63) is 42.5 Å². The van der Waals surface area contributed by atoms with Crippen molar-refractivity contribution in [2.45, 2.75) is 31.8 Å². The Morgan fingerprint density at radius 1 is 1.05 bits per heavy atom. The minimum absolute atomic E-state index is 0.460. The predicted octanol–water partition coefficient (Wildman–Crippen LogP) is 4.21. The zero-order chi connectivity index (χ0) is 12.9. The molecule has 19 heavy (non-hydrogen) atoms. The Balaban J connectivity index is 1.56. The molecule has 2 aromatic carbocycles. The number of nitrogens with one attached hydrogen (secondary N) is 1. The molecular formula is C17H21NO. The molecule has 0 saturated carbocycles. The first-order valence-electron chi connectivity index (χ1n) is 7.26. The largest absolute Gasteiger partial charge is 0.385 e. The summed E-state index contributed by atoms with van der Waals surface area (Å²) in [5.74, 6) is 0. The van der Waals surface area contributed by atoms with Gasteiger partial charge in [0.05, 0.1) is 6.10 Å². The second-order valence-corrected chi connectivity index (χ2v) is 5.27.